The van der Waals surface area contributed by atoms with Gasteiger partial charge in [0.15, 0.2) is 11.5 Å². The zero-order valence-electron chi connectivity index (χ0n) is 16.1. The smallest absolute Gasteiger partial charge is 0.178 e. The number of aliphatic hydroxyl groups excluding tert-OH is 1. The molecule has 142 valence electrons. The first-order valence-electron chi connectivity index (χ1n) is 9.87. The molecule has 8 atom stereocenters. The highest BCUT2D eigenvalue weighted by Crippen LogP contribution is 2.69. The van der Waals surface area contributed by atoms with Crippen molar-refractivity contribution in [2.45, 2.75) is 65.2 Å². The maximum absolute atomic E-state index is 16.8. The van der Waals surface area contributed by atoms with E-state index in [1.807, 2.05) is 6.92 Å². The minimum absolute atomic E-state index is 0.0872. The lowest BCUT2D eigenvalue weighted by Gasteiger charge is -2.61. The Labute approximate surface area is 154 Å². The van der Waals surface area contributed by atoms with Crippen LogP contribution in [0.3, 0.4) is 0 Å². The number of carbonyl (C=O) groups excluding carboxylic acids is 2. The molecule has 4 aliphatic carbocycles. The lowest BCUT2D eigenvalue weighted by Crippen LogP contribution is -2.66. The van der Waals surface area contributed by atoms with Gasteiger partial charge in [0.05, 0.1) is 6.10 Å². The number of alkyl halides is 1. The molecule has 4 aliphatic rings. The molecule has 1 N–H and O–H groups in total. The second-order valence-electron chi connectivity index (χ2n) is 9.65. The van der Waals surface area contributed by atoms with Gasteiger partial charge in [0.1, 0.15) is 5.78 Å². The van der Waals surface area contributed by atoms with E-state index in [1.54, 1.807) is 19.1 Å². The van der Waals surface area contributed by atoms with Gasteiger partial charge in [-0.15, -0.1) is 0 Å². The fraction of sp³-hybridized carbons (Fsp3) is 0.727. The highest BCUT2D eigenvalue weighted by molar-refractivity contribution is 6.01. The number of Topliss-reactive ketones (excluding diaryl/α,β-unsaturated/α-hetero) is 1. The van der Waals surface area contributed by atoms with Crippen molar-refractivity contribution in [3.63, 3.8) is 0 Å². The monoisotopic (exact) mass is 360 g/mol. The van der Waals surface area contributed by atoms with Crippen molar-refractivity contribution in [3.8, 4) is 0 Å². The van der Waals surface area contributed by atoms with Gasteiger partial charge < -0.3 is 5.11 Å². The van der Waals surface area contributed by atoms with Crippen molar-refractivity contribution in [2.75, 3.05) is 0 Å². The largest absolute Gasteiger partial charge is 0.390 e. The normalized spacial score (nSPS) is 52.8. The molecule has 0 aromatic rings. The first kappa shape index (κ1) is 18.1. The minimum atomic E-state index is -1.79. The van der Waals surface area contributed by atoms with E-state index in [0.29, 0.717) is 19.3 Å². The van der Waals surface area contributed by atoms with Gasteiger partial charge in [-0.2, -0.15) is 0 Å². The molecule has 4 rings (SSSR count). The van der Waals surface area contributed by atoms with Crippen LogP contribution < -0.4 is 0 Å². The predicted molar refractivity (Wildman–Crippen MR) is 97.1 cm³/mol. The number of hydrogen-bond donors (Lipinski definition) is 1. The Morgan fingerprint density at radius 1 is 1.31 bits per heavy atom. The number of ketones is 2. The average Bonchev–Trinajstić information content (AvgIpc) is 2.80. The summed E-state index contributed by atoms with van der Waals surface area (Å²) in [5, 5.41) is 11.1. The lowest BCUT2D eigenvalue weighted by molar-refractivity contribution is -0.195. The van der Waals surface area contributed by atoms with Crippen LogP contribution in [0.1, 0.15) is 53.4 Å². The van der Waals surface area contributed by atoms with Crippen molar-refractivity contribution in [3.05, 3.63) is 23.8 Å². The van der Waals surface area contributed by atoms with E-state index in [2.05, 4.69) is 13.8 Å². The van der Waals surface area contributed by atoms with E-state index in [-0.39, 0.29) is 40.7 Å². The first-order valence-corrected chi connectivity index (χ1v) is 9.87. The zero-order valence-corrected chi connectivity index (χ0v) is 16.1. The van der Waals surface area contributed by atoms with Crippen molar-refractivity contribution in [2.24, 2.45) is 34.5 Å². The fourth-order valence-electron chi connectivity index (χ4n) is 7.44. The number of halogens is 1. The van der Waals surface area contributed by atoms with Crippen LogP contribution in [0.2, 0.25) is 0 Å². The molecule has 4 heteroatoms. The molecule has 26 heavy (non-hydrogen) atoms. The van der Waals surface area contributed by atoms with Gasteiger partial charge in [-0.3, -0.25) is 9.59 Å². The third-order valence-electron chi connectivity index (χ3n) is 8.42. The summed E-state index contributed by atoms with van der Waals surface area (Å²) in [5.41, 5.74) is -2.27. The van der Waals surface area contributed by atoms with E-state index >= 15 is 4.39 Å². The van der Waals surface area contributed by atoms with Crippen LogP contribution in [0.4, 0.5) is 4.39 Å². The van der Waals surface area contributed by atoms with Gasteiger partial charge in [0, 0.05) is 17.3 Å². The van der Waals surface area contributed by atoms with Gasteiger partial charge in [0.2, 0.25) is 0 Å². The number of fused-ring (bicyclic) bond motifs is 5. The Morgan fingerprint density at radius 3 is 2.65 bits per heavy atom. The van der Waals surface area contributed by atoms with Crippen LogP contribution in [-0.4, -0.2) is 28.4 Å². The van der Waals surface area contributed by atoms with Crippen LogP contribution in [0, 0.1) is 34.5 Å². The van der Waals surface area contributed by atoms with E-state index in [0.717, 1.165) is 12.0 Å². The maximum atomic E-state index is 16.8. The molecule has 0 heterocycles. The summed E-state index contributed by atoms with van der Waals surface area (Å²) in [6, 6.07) is 0. The van der Waals surface area contributed by atoms with Crippen molar-refractivity contribution in [1.29, 1.82) is 0 Å². The quantitative estimate of drug-likeness (QED) is 0.774. The molecule has 0 spiro atoms. The van der Waals surface area contributed by atoms with Crippen molar-refractivity contribution >= 4 is 11.6 Å². The number of allylic oxidation sites excluding steroid dienone is 4. The Kier molecular flexibility index (Phi) is 3.74. The molecule has 0 aromatic carbocycles. The second-order valence-corrected chi connectivity index (χ2v) is 9.65. The van der Waals surface area contributed by atoms with E-state index in [9.17, 15) is 14.7 Å². The summed E-state index contributed by atoms with van der Waals surface area (Å²) in [6.45, 7) is 7.65. The van der Waals surface area contributed by atoms with Crippen LogP contribution in [0.15, 0.2) is 23.8 Å². The molecule has 0 aliphatic heterocycles. The van der Waals surface area contributed by atoms with Crippen molar-refractivity contribution in [1.82, 2.24) is 0 Å². The van der Waals surface area contributed by atoms with E-state index in [4.69, 9.17) is 0 Å². The molecule has 3 saturated carbocycles. The standard InChI is InChI=1S/C22H29FO3/c1-12-9-17-16-6-5-14-10-15(25)7-8-21(14,4)22(16,23)18(26)11-20(17,3)19(12)13(2)24/h7-8,10,12,16-19,26H,5-6,9,11H2,1-4H3/t12?,16-,17-,18?,19+,20-,21-,22-/m0/s1. The number of hydrogen-bond acceptors (Lipinski definition) is 3. The summed E-state index contributed by atoms with van der Waals surface area (Å²) in [7, 11) is 0. The van der Waals surface area contributed by atoms with Gasteiger partial charge in [-0.1, -0.05) is 25.5 Å². The van der Waals surface area contributed by atoms with E-state index in [1.165, 1.54) is 6.08 Å². The number of carbonyl (C=O) groups is 2. The third kappa shape index (κ3) is 1.97. The molecular formula is C22H29FO3. The van der Waals surface area contributed by atoms with Crippen LogP contribution >= 0.6 is 0 Å². The zero-order chi connectivity index (χ0) is 19.1. The SMILES string of the molecule is CC(=O)[C@H]1C(C)C[C@H]2[C@@H]3CCC4=CC(=O)C=C[C@]4(C)[C@@]3(F)C(O)C[C@]12C. The number of rotatable bonds is 1. The summed E-state index contributed by atoms with van der Waals surface area (Å²) in [6.07, 6.45) is 6.02. The Morgan fingerprint density at radius 2 is 2.00 bits per heavy atom. The van der Waals surface area contributed by atoms with E-state index < -0.39 is 17.2 Å². The highest BCUT2D eigenvalue weighted by atomic mass is 19.1. The Balaban J connectivity index is 1.82. The minimum Gasteiger partial charge on any atom is -0.390 e. The molecule has 0 aromatic heterocycles. The van der Waals surface area contributed by atoms with Gasteiger partial charge in [0.25, 0.3) is 0 Å². The van der Waals surface area contributed by atoms with Gasteiger partial charge in [-0.25, -0.2) is 4.39 Å². The lowest BCUT2D eigenvalue weighted by atomic mass is 9.45. The molecule has 2 unspecified atom stereocenters. The Hall–Kier alpha value is -1.29. The molecule has 0 amide bonds. The van der Waals surface area contributed by atoms with Crippen LogP contribution in [-0.2, 0) is 9.59 Å². The number of aliphatic hydroxyl groups is 1. The van der Waals surface area contributed by atoms with Gasteiger partial charge >= 0.3 is 0 Å². The molecule has 0 radical (unpaired) electrons. The second kappa shape index (κ2) is 5.37. The summed E-state index contributed by atoms with van der Waals surface area (Å²) in [5.74, 6) is -0.0370. The first-order chi connectivity index (χ1) is 12.1. The van der Waals surface area contributed by atoms with Crippen molar-refractivity contribution < 1.29 is 19.1 Å². The highest BCUT2D eigenvalue weighted by Gasteiger charge is 2.71. The summed E-state index contributed by atoms with van der Waals surface area (Å²) in [4.78, 5) is 24.2. The predicted octanol–water partition coefficient (Wildman–Crippen LogP) is 3.81. The fourth-order valence-corrected chi connectivity index (χ4v) is 7.44. The molecule has 3 fully saturated rings. The maximum Gasteiger partial charge on any atom is 0.178 e. The topological polar surface area (TPSA) is 54.4 Å². The molecule has 0 bridgehead atoms. The molecule has 0 saturated heterocycles. The van der Waals surface area contributed by atoms with Gasteiger partial charge in [-0.05, 0) is 68.9 Å². The summed E-state index contributed by atoms with van der Waals surface area (Å²) >= 11 is 0. The van der Waals surface area contributed by atoms with Crippen LogP contribution in [0.5, 0.6) is 0 Å². The third-order valence-corrected chi connectivity index (χ3v) is 8.42. The summed E-state index contributed by atoms with van der Waals surface area (Å²) < 4.78 is 16.8. The average molecular weight is 360 g/mol. The Bertz CT molecular complexity index is 740. The molecule has 3 nitrogen and oxygen atoms in total. The van der Waals surface area contributed by atoms with Crippen LogP contribution in [0.25, 0.3) is 0 Å². The molecular weight excluding hydrogens is 331 g/mol.